The molecule has 6 nitrogen and oxygen atoms in total. The van der Waals surface area contributed by atoms with Gasteiger partial charge in [0.15, 0.2) is 0 Å². The van der Waals surface area contributed by atoms with Crippen molar-refractivity contribution in [2.45, 2.75) is 39.2 Å². The second-order valence-electron chi connectivity index (χ2n) is 9.40. The van der Waals surface area contributed by atoms with Gasteiger partial charge in [0, 0.05) is 23.1 Å². The van der Waals surface area contributed by atoms with Crippen molar-refractivity contribution in [1.82, 2.24) is 4.90 Å². The molecule has 0 atom stereocenters. The Morgan fingerprint density at radius 1 is 1.06 bits per heavy atom. The maximum atomic E-state index is 14.1. The van der Waals surface area contributed by atoms with E-state index in [-0.39, 0.29) is 41.1 Å². The number of rotatable bonds is 4. The van der Waals surface area contributed by atoms with Gasteiger partial charge in [0.25, 0.3) is 11.8 Å². The number of carboxylic acids is 1. The number of carbonyl (C=O) groups is 3. The van der Waals surface area contributed by atoms with E-state index in [1.54, 1.807) is 12.1 Å². The number of nitrogens with one attached hydrogen (secondary N) is 1. The van der Waals surface area contributed by atoms with Crippen LogP contribution in [0, 0.1) is 11.6 Å². The van der Waals surface area contributed by atoms with E-state index in [9.17, 15) is 28.3 Å². The highest BCUT2D eigenvalue weighted by atomic mass is 32.1. The van der Waals surface area contributed by atoms with E-state index in [4.69, 9.17) is 0 Å². The summed E-state index contributed by atoms with van der Waals surface area (Å²) in [5.41, 5.74) is 1.68. The van der Waals surface area contributed by atoms with Gasteiger partial charge in [-0.3, -0.25) is 9.59 Å². The molecule has 4 rings (SSSR count). The van der Waals surface area contributed by atoms with E-state index in [0.717, 1.165) is 29.0 Å². The summed E-state index contributed by atoms with van der Waals surface area (Å²) < 4.78 is 27.3. The van der Waals surface area contributed by atoms with Gasteiger partial charge in [0.05, 0.1) is 17.7 Å². The third-order valence-electron chi connectivity index (χ3n) is 5.96. The molecule has 0 bridgehead atoms. The van der Waals surface area contributed by atoms with Crippen LogP contribution in [-0.2, 0) is 18.4 Å². The van der Waals surface area contributed by atoms with Gasteiger partial charge >= 0.3 is 5.97 Å². The van der Waals surface area contributed by atoms with Gasteiger partial charge in [-0.1, -0.05) is 32.9 Å². The third kappa shape index (κ3) is 4.95. The summed E-state index contributed by atoms with van der Waals surface area (Å²) in [5, 5.41) is 12.7. The molecular formula is C26H24F2N2O4S. The molecule has 2 N–H and O–H groups in total. The summed E-state index contributed by atoms with van der Waals surface area (Å²) in [4.78, 5) is 39.7. The lowest BCUT2D eigenvalue weighted by molar-refractivity contribution is 0.0696. The summed E-state index contributed by atoms with van der Waals surface area (Å²) in [6.45, 7) is 6.43. The number of aromatic carboxylic acids is 1. The van der Waals surface area contributed by atoms with Crippen LogP contribution in [0.3, 0.4) is 0 Å². The Balaban J connectivity index is 1.57. The predicted molar refractivity (Wildman–Crippen MR) is 129 cm³/mol. The second kappa shape index (κ2) is 9.22. The molecule has 0 spiro atoms. The summed E-state index contributed by atoms with van der Waals surface area (Å²) >= 11 is 1.08. The zero-order chi connectivity index (χ0) is 25.5. The number of hydrogen-bond donors (Lipinski definition) is 2. The Morgan fingerprint density at radius 2 is 1.74 bits per heavy atom. The summed E-state index contributed by atoms with van der Waals surface area (Å²) in [6, 6.07) is 9.88. The van der Waals surface area contributed by atoms with E-state index >= 15 is 0 Å². The SMILES string of the molecule is CC(C)(C)c1ccc(C(=O)Nc2sc3c(c2C(=O)O)CCN(C(=O)c2ccc(F)cc2F)C3)cc1. The maximum Gasteiger partial charge on any atom is 0.339 e. The number of anilines is 1. The zero-order valence-electron chi connectivity index (χ0n) is 19.4. The van der Waals surface area contributed by atoms with Gasteiger partial charge in [-0.05, 0) is 47.2 Å². The Bertz CT molecular complexity index is 1330. The molecule has 182 valence electrons. The average Bonchev–Trinajstić information content (AvgIpc) is 3.15. The van der Waals surface area contributed by atoms with Crippen molar-refractivity contribution in [1.29, 1.82) is 0 Å². The van der Waals surface area contributed by atoms with Gasteiger partial charge < -0.3 is 15.3 Å². The molecule has 0 saturated carbocycles. The van der Waals surface area contributed by atoms with Crippen LogP contribution >= 0.6 is 11.3 Å². The highest BCUT2D eigenvalue weighted by Crippen LogP contribution is 2.38. The molecule has 0 aliphatic carbocycles. The lowest BCUT2D eigenvalue weighted by Crippen LogP contribution is -2.36. The molecule has 9 heteroatoms. The minimum atomic E-state index is -1.18. The standard InChI is InChI=1S/C26H24F2N2O4S/c1-26(2,3)15-6-4-14(5-7-15)22(31)29-23-21(25(33)34)18-10-11-30(13-20(18)35-23)24(32)17-9-8-16(27)12-19(17)28/h4-9,12H,10-11,13H2,1-3H3,(H,29,31)(H,33,34). The molecule has 1 aromatic heterocycles. The van der Waals surface area contributed by atoms with Crippen LogP contribution in [0.15, 0.2) is 42.5 Å². The van der Waals surface area contributed by atoms with Crippen molar-refractivity contribution in [3.05, 3.63) is 86.8 Å². The van der Waals surface area contributed by atoms with Crippen LogP contribution in [0.4, 0.5) is 13.8 Å². The Hall–Kier alpha value is -3.59. The Kier molecular flexibility index (Phi) is 6.46. The first kappa shape index (κ1) is 24.5. The normalized spacial score (nSPS) is 13.3. The average molecular weight is 499 g/mol. The molecule has 0 radical (unpaired) electrons. The molecule has 35 heavy (non-hydrogen) atoms. The number of halogens is 2. The zero-order valence-corrected chi connectivity index (χ0v) is 20.3. The van der Waals surface area contributed by atoms with Crippen molar-refractivity contribution < 1.29 is 28.3 Å². The van der Waals surface area contributed by atoms with Crippen molar-refractivity contribution in [2.24, 2.45) is 0 Å². The number of nitrogens with zero attached hydrogens (tertiary/aromatic N) is 1. The predicted octanol–water partition coefficient (Wildman–Crippen LogP) is 5.47. The highest BCUT2D eigenvalue weighted by molar-refractivity contribution is 7.17. The van der Waals surface area contributed by atoms with Crippen LogP contribution < -0.4 is 5.32 Å². The molecule has 0 saturated heterocycles. The van der Waals surface area contributed by atoms with E-state index in [2.05, 4.69) is 26.1 Å². The van der Waals surface area contributed by atoms with Gasteiger partial charge in [-0.25, -0.2) is 13.6 Å². The monoisotopic (exact) mass is 498 g/mol. The fourth-order valence-corrected chi connectivity index (χ4v) is 5.27. The minimum absolute atomic E-state index is 0.00437. The highest BCUT2D eigenvalue weighted by Gasteiger charge is 2.31. The molecule has 2 amide bonds. The topological polar surface area (TPSA) is 86.7 Å². The molecule has 0 unspecified atom stereocenters. The first-order valence-electron chi connectivity index (χ1n) is 11.0. The number of benzene rings is 2. The van der Waals surface area contributed by atoms with Crippen LogP contribution in [0.1, 0.15) is 67.8 Å². The third-order valence-corrected chi connectivity index (χ3v) is 7.09. The van der Waals surface area contributed by atoms with E-state index in [1.807, 2.05) is 12.1 Å². The molecule has 2 heterocycles. The largest absolute Gasteiger partial charge is 0.478 e. The Morgan fingerprint density at radius 3 is 2.34 bits per heavy atom. The second-order valence-corrected chi connectivity index (χ2v) is 10.5. The van der Waals surface area contributed by atoms with E-state index in [0.29, 0.717) is 22.1 Å². The summed E-state index contributed by atoms with van der Waals surface area (Å²) in [7, 11) is 0. The molecule has 1 aliphatic rings. The van der Waals surface area contributed by atoms with Gasteiger partial charge in [0.1, 0.15) is 16.6 Å². The van der Waals surface area contributed by atoms with Gasteiger partial charge in [-0.15, -0.1) is 11.3 Å². The number of hydrogen-bond acceptors (Lipinski definition) is 4. The minimum Gasteiger partial charge on any atom is -0.478 e. The fourth-order valence-electron chi connectivity index (χ4n) is 4.02. The van der Waals surface area contributed by atoms with Crippen LogP contribution in [0.25, 0.3) is 0 Å². The van der Waals surface area contributed by atoms with Crippen LogP contribution in [0.5, 0.6) is 0 Å². The number of fused-ring (bicyclic) bond motifs is 1. The molecule has 1 aliphatic heterocycles. The molecular weight excluding hydrogens is 474 g/mol. The van der Waals surface area contributed by atoms with E-state index < -0.39 is 29.4 Å². The van der Waals surface area contributed by atoms with Crippen LogP contribution in [0.2, 0.25) is 0 Å². The number of carboxylic acid groups (broad SMARTS) is 1. The lowest BCUT2D eigenvalue weighted by atomic mass is 9.87. The summed E-state index contributed by atoms with van der Waals surface area (Å²) in [5.74, 6) is -3.96. The van der Waals surface area contributed by atoms with Gasteiger partial charge in [0.2, 0.25) is 0 Å². The quantitative estimate of drug-likeness (QED) is 0.499. The lowest BCUT2D eigenvalue weighted by Gasteiger charge is -2.27. The number of thiophene rings is 1. The molecule has 2 aromatic carbocycles. The number of amides is 2. The number of carbonyl (C=O) groups excluding carboxylic acids is 2. The van der Waals surface area contributed by atoms with Crippen molar-refractivity contribution >= 4 is 34.1 Å². The fraction of sp³-hybridized carbons (Fsp3) is 0.269. The van der Waals surface area contributed by atoms with Crippen molar-refractivity contribution in [2.75, 3.05) is 11.9 Å². The van der Waals surface area contributed by atoms with Gasteiger partial charge in [-0.2, -0.15) is 0 Å². The summed E-state index contributed by atoms with van der Waals surface area (Å²) in [6.07, 6.45) is 0.234. The maximum absolute atomic E-state index is 14.1. The smallest absolute Gasteiger partial charge is 0.339 e. The molecule has 0 fully saturated rings. The van der Waals surface area contributed by atoms with Crippen LogP contribution in [-0.4, -0.2) is 34.3 Å². The Labute approximate surface area is 205 Å². The first-order chi connectivity index (χ1) is 16.5. The first-order valence-corrected chi connectivity index (χ1v) is 11.8. The van der Waals surface area contributed by atoms with Crippen molar-refractivity contribution in [3.8, 4) is 0 Å². The van der Waals surface area contributed by atoms with E-state index in [1.165, 1.54) is 4.90 Å². The van der Waals surface area contributed by atoms with Crippen molar-refractivity contribution in [3.63, 3.8) is 0 Å². The molecule has 3 aromatic rings.